The number of rotatable bonds is 2. The summed E-state index contributed by atoms with van der Waals surface area (Å²) >= 11 is 6.08. The Bertz CT molecular complexity index is 447. The molecule has 1 aromatic carbocycles. The van der Waals surface area contributed by atoms with Crippen molar-refractivity contribution < 1.29 is 4.39 Å². The van der Waals surface area contributed by atoms with Crippen LogP contribution < -0.4 is 5.32 Å². The lowest BCUT2D eigenvalue weighted by Crippen LogP contribution is -2.29. The van der Waals surface area contributed by atoms with E-state index >= 15 is 0 Å². The molecule has 0 amide bonds. The Kier molecular flexibility index (Phi) is 4.72. The molecule has 0 bridgehead atoms. The summed E-state index contributed by atoms with van der Waals surface area (Å²) in [4.78, 5) is 2.44. The van der Waals surface area contributed by atoms with Gasteiger partial charge in [0.15, 0.2) is 0 Å². The van der Waals surface area contributed by atoms with E-state index in [1.54, 1.807) is 6.07 Å². The summed E-state index contributed by atoms with van der Waals surface area (Å²) in [5, 5.41) is 4.00. The first kappa shape index (κ1) is 15.0. The fraction of sp³-hybridized carbons (Fsp3) is 0.571. The zero-order chi connectivity index (χ0) is 12.6. The van der Waals surface area contributed by atoms with Crippen molar-refractivity contribution >= 4 is 24.0 Å². The molecule has 0 radical (unpaired) electrons. The predicted molar refractivity (Wildman–Crippen MR) is 78.5 cm³/mol. The smallest absolute Gasteiger partial charge is 0.124 e. The molecule has 2 aliphatic rings. The molecule has 5 heteroatoms. The van der Waals surface area contributed by atoms with E-state index in [0.717, 1.165) is 38.3 Å². The molecule has 1 unspecified atom stereocenters. The van der Waals surface area contributed by atoms with Gasteiger partial charge in [0.25, 0.3) is 0 Å². The third-order valence-corrected chi connectivity index (χ3v) is 4.61. The van der Waals surface area contributed by atoms with Gasteiger partial charge < -0.3 is 5.32 Å². The van der Waals surface area contributed by atoms with Crippen LogP contribution in [0.15, 0.2) is 18.2 Å². The SMILES string of the molecule is Cl.Fc1ccc(CN2CCC3(CCNC3)C2)c(Cl)c1. The zero-order valence-electron chi connectivity index (χ0n) is 10.8. The molecular weight excluding hydrogens is 286 g/mol. The van der Waals surface area contributed by atoms with Crippen molar-refractivity contribution in [3.63, 3.8) is 0 Å². The molecule has 3 rings (SSSR count). The van der Waals surface area contributed by atoms with Gasteiger partial charge in [-0.25, -0.2) is 4.39 Å². The maximum absolute atomic E-state index is 13.0. The van der Waals surface area contributed by atoms with E-state index in [0.29, 0.717) is 10.4 Å². The maximum atomic E-state index is 13.0. The minimum atomic E-state index is -0.262. The van der Waals surface area contributed by atoms with Gasteiger partial charge in [-0.05, 0) is 49.0 Å². The van der Waals surface area contributed by atoms with Crippen molar-refractivity contribution in [2.24, 2.45) is 5.41 Å². The molecule has 0 aromatic heterocycles. The van der Waals surface area contributed by atoms with Gasteiger partial charge >= 0.3 is 0 Å². The van der Waals surface area contributed by atoms with Crippen LogP contribution in [-0.4, -0.2) is 31.1 Å². The van der Waals surface area contributed by atoms with E-state index in [9.17, 15) is 4.39 Å². The van der Waals surface area contributed by atoms with Gasteiger partial charge in [-0.1, -0.05) is 17.7 Å². The second-order valence-corrected chi connectivity index (χ2v) is 6.03. The highest BCUT2D eigenvalue weighted by Crippen LogP contribution is 2.36. The third-order valence-electron chi connectivity index (χ3n) is 4.26. The summed E-state index contributed by atoms with van der Waals surface area (Å²) in [6, 6.07) is 4.69. The summed E-state index contributed by atoms with van der Waals surface area (Å²) in [5.74, 6) is -0.262. The van der Waals surface area contributed by atoms with Crippen molar-refractivity contribution in [1.29, 1.82) is 0 Å². The largest absolute Gasteiger partial charge is 0.316 e. The Labute approximate surface area is 124 Å². The van der Waals surface area contributed by atoms with Crippen LogP contribution >= 0.6 is 24.0 Å². The lowest BCUT2D eigenvalue weighted by atomic mass is 9.86. The Morgan fingerprint density at radius 2 is 2.21 bits per heavy atom. The Balaban J connectivity index is 0.00000133. The number of benzene rings is 1. The first-order chi connectivity index (χ1) is 8.67. The van der Waals surface area contributed by atoms with E-state index in [1.165, 1.54) is 25.0 Å². The highest BCUT2D eigenvalue weighted by atomic mass is 35.5. The molecule has 1 spiro atoms. The number of halogens is 3. The monoisotopic (exact) mass is 304 g/mol. The van der Waals surface area contributed by atoms with Gasteiger partial charge in [0, 0.05) is 24.7 Å². The molecule has 2 aliphatic heterocycles. The van der Waals surface area contributed by atoms with E-state index in [-0.39, 0.29) is 18.2 Å². The molecule has 1 aromatic rings. The van der Waals surface area contributed by atoms with Gasteiger partial charge in [-0.2, -0.15) is 0 Å². The first-order valence-corrected chi connectivity index (χ1v) is 6.92. The number of hydrogen-bond acceptors (Lipinski definition) is 2. The summed E-state index contributed by atoms with van der Waals surface area (Å²) in [6.45, 7) is 5.37. The summed E-state index contributed by atoms with van der Waals surface area (Å²) < 4.78 is 13.0. The highest BCUT2D eigenvalue weighted by Gasteiger charge is 2.40. The number of hydrogen-bond donors (Lipinski definition) is 1. The van der Waals surface area contributed by atoms with Crippen LogP contribution in [0.1, 0.15) is 18.4 Å². The Morgan fingerprint density at radius 3 is 2.89 bits per heavy atom. The fourth-order valence-corrected chi connectivity index (χ4v) is 3.42. The van der Waals surface area contributed by atoms with E-state index in [1.807, 2.05) is 0 Å². The van der Waals surface area contributed by atoms with Gasteiger partial charge in [-0.3, -0.25) is 4.90 Å². The molecular formula is C14H19Cl2FN2. The molecule has 19 heavy (non-hydrogen) atoms. The van der Waals surface area contributed by atoms with E-state index < -0.39 is 0 Å². The number of nitrogens with zero attached hydrogens (tertiary/aromatic N) is 1. The summed E-state index contributed by atoms with van der Waals surface area (Å²) in [5.41, 5.74) is 1.51. The van der Waals surface area contributed by atoms with Crippen LogP contribution in [0.2, 0.25) is 5.02 Å². The summed E-state index contributed by atoms with van der Waals surface area (Å²) in [6.07, 6.45) is 2.54. The predicted octanol–water partition coefficient (Wildman–Crippen LogP) is 3.09. The molecule has 2 fully saturated rings. The molecule has 0 saturated carbocycles. The fourth-order valence-electron chi connectivity index (χ4n) is 3.20. The van der Waals surface area contributed by atoms with Crippen LogP contribution in [0, 0.1) is 11.2 Å². The van der Waals surface area contributed by atoms with Gasteiger partial charge in [-0.15, -0.1) is 12.4 Å². The lowest BCUT2D eigenvalue weighted by Gasteiger charge is -2.23. The second-order valence-electron chi connectivity index (χ2n) is 5.62. The number of nitrogens with one attached hydrogen (secondary N) is 1. The van der Waals surface area contributed by atoms with Gasteiger partial charge in [0.1, 0.15) is 5.82 Å². The third kappa shape index (κ3) is 3.22. The molecule has 1 atom stereocenters. The average molecular weight is 305 g/mol. The lowest BCUT2D eigenvalue weighted by molar-refractivity contribution is 0.268. The van der Waals surface area contributed by atoms with Gasteiger partial charge in [0.05, 0.1) is 0 Å². The first-order valence-electron chi connectivity index (χ1n) is 6.54. The summed E-state index contributed by atoms with van der Waals surface area (Å²) in [7, 11) is 0. The molecule has 2 saturated heterocycles. The van der Waals surface area contributed by atoms with Crippen molar-refractivity contribution in [2.45, 2.75) is 19.4 Å². The van der Waals surface area contributed by atoms with Crippen molar-refractivity contribution in [1.82, 2.24) is 10.2 Å². The molecule has 1 N–H and O–H groups in total. The number of likely N-dealkylation sites (tertiary alicyclic amines) is 1. The van der Waals surface area contributed by atoms with Crippen LogP contribution in [0.5, 0.6) is 0 Å². The Morgan fingerprint density at radius 1 is 1.37 bits per heavy atom. The van der Waals surface area contributed by atoms with Crippen molar-refractivity contribution in [2.75, 3.05) is 26.2 Å². The Hall–Kier alpha value is -0.350. The second kappa shape index (κ2) is 5.96. The molecule has 106 valence electrons. The minimum Gasteiger partial charge on any atom is -0.316 e. The minimum absolute atomic E-state index is 0. The highest BCUT2D eigenvalue weighted by molar-refractivity contribution is 6.31. The molecule has 2 heterocycles. The zero-order valence-corrected chi connectivity index (χ0v) is 12.4. The van der Waals surface area contributed by atoms with E-state index in [4.69, 9.17) is 11.6 Å². The topological polar surface area (TPSA) is 15.3 Å². The van der Waals surface area contributed by atoms with Crippen molar-refractivity contribution in [3.05, 3.63) is 34.6 Å². The van der Waals surface area contributed by atoms with Gasteiger partial charge in [0.2, 0.25) is 0 Å². The molecule has 0 aliphatic carbocycles. The normalized spacial score (nSPS) is 26.8. The van der Waals surface area contributed by atoms with Crippen molar-refractivity contribution in [3.8, 4) is 0 Å². The van der Waals surface area contributed by atoms with E-state index in [2.05, 4.69) is 10.2 Å². The van der Waals surface area contributed by atoms with Crippen LogP contribution in [0.3, 0.4) is 0 Å². The van der Waals surface area contributed by atoms with Crippen LogP contribution in [0.25, 0.3) is 0 Å². The van der Waals surface area contributed by atoms with Crippen LogP contribution in [-0.2, 0) is 6.54 Å². The molecule has 2 nitrogen and oxygen atoms in total. The maximum Gasteiger partial charge on any atom is 0.124 e. The van der Waals surface area contributed by atoms with Crippen LogP contribution in [0.4, 0.5) is 4.39 Å². The average Bonchev–Trinajstić information content (AvgIpc) is 2.94. The standard InChI is InChI=1S/C14H18ClFN2.ClH/c15-13-7-12(16)2-1-11(13)8-18-6-4-14(10-18)3-5-17-9-14;/h1-2,7,17H,3-6,8-10H2;1H. The quantitative estimate of drug-likeness (QED) is 0.903.